The van der Waals surface area contributed by atoms with Crippen LogP contribution in [0.25, 0.3) is 0 Å². The summed E-state index contributed by atoms with van der Waals surface area (Å²) in [5, 5.41) is 12.6. The number of carbonyl (C=O) groups is 1. The van der Waals surface area contributed by atoms with Crippen molar-refractivity contribution < 1.29 is 14.6 Å². The Balaban J connectivity index is 1.70. The minimum Gasteiger partial charge on any atom is -0.480 e. The number of ether oxygens (including phenoxy) is 1. The molecular weight excluding hydrogens is 276 g/mol. The zero-order chi connectivity index (χ0) is 14.0. The lowest BCUT2D eigenvalue weighted by atomic mass is 9.84. The number of carboxylic acids is 1. The quantitative estimate of drug-likeness (QED) is 0.786. The molecule has 114 valence electrons. The smallest absolute Gasteiger partial charge is 0.322 e. The van der Waals surface area contributed by atoms with Crippen LogP contribution < -0.4 is 5.32 Å². The fourth-order valence-electron chi connectivity index (χ4n) is 3.76. The van der Waals surface area contributed by atoms with Crippen molar-refractivity contribution in [2.75, 3.05) is 37.7 Å². The number of carboxylic acid groups (broad SMARTS) is 1. The van der Waals surface area contributed by atoms with Gasteiger partial charge in [0.25, 0.3) is 0 Å². The molecule has 3 fully saturated rings. The molecule has 1 spiro atoms. The van der Waals surface area contributed by atoms with E-state index in [4.69, 9.17) is 4.74 Å². The number of piperazine rings is 1. The van der Waals surface area contributed by atoms with Gasteiger partial charge in [0.05, 0.1) is 5.60 Å². The van der Waals surface area contributed by atoms with Crippen LogP contribution in [0.15, 0.2) is 0 Å². The van der Waals surface area contributed by atoms with Crippen molar-refractivity contribution >= 4 is 17.7 Å². The number of nitrogens with zero attached hydrogens (tertiary/aromatic N) is 1. The Hall–Kier alpha value is -0.300. The van der Waals surface area contributed by atoms with Crippen molar-refractivity contribution in [3.63, 3.8) is 0 Å². The number of thioether (sulfide) groups is 1. The van der Waals surface area contributed by atoms with Crippen LogP contribution >= 0.6 is 11.8 Å². The van der Waals surface area contributed by atoms with Gasteiger partial charge in [-0.1, -0.05) is 0 Å². The molecule has 0 amide bonds. The maximum absolute atomic E-state index is 11.5. The highest BCUT2D eigenvalue weighted by Gasteiger charge is 2.43. The van der Waals surface area contributed by atoms with Crippen LogP contribution in [0.2, 0.25) is 0 Å². The summed E-state index contributed by atoms with van der Waals surface area (Å²) in [6.07, 6.45) is 4.23. The van der Waals surface area contributed by atoms with Crippen LogP contribution in [0.5, 0.6) is 0 Å². The Morgan fingerprint density at radius 3 is 2.95 bits per heavy atom. The van der Waals surface area contributed by atoms with E-state index in [1.54, 1.807) is 0 Å². The Morgan fingerprint density at radius 1 is 1.40 bits per heavy atom. The van der Waals surface area contributed by atoms with E-state index in [1.165, 1.54) is 11.5 Å². The highest BCUT2D eigenvalue weighted by Crippen LogP contribution is 2.39. The molecule has 3 saturated heterocycles. The Kier molecular flexibility index (Phi) is 4.55. The van der Waals surface area contributed by atoms with Crippen molar-refractivity contribution in [3.8, 4) is 0 Å². The molecule has 0 aromatic heterocycles. The van der Waals surface area contributed by atoms with Crippen LogP contribution in [-0.4, -0.2) is 71.4 Å². The molecule has 0 radical (unpaired) electrons. The summed E-state index contributed by atoms with van der Waals surface area (Å²) in [6, 6.07) is -0.00286. The standard InChI is InChI=1S/C14H24N2O3S/c17-13(18)12-10-15-4-5-16(12)11-1-6-19-14(9-11)2-7-20-8-3-14/h11-12,15H,1-10H2,(H,17,18). The molecule has 2 N–H and O–H groups in total. The van der Waals surface area contributed by atoms with E-state index in [9.17, 15) is 9.90 Å². The largest absolute Gasteiger partial charge is 0.480 e. The topological polar surface area (TPSA) is 61.8 Å². The van der Waals surface area contributed by atoms with Crippen molar-refractivity contribution in [3.05, 3.63) is 0 Å². The molecule has 3 aliphatic heterocycles. The van der Waals surface area contributed by atoms with Crippen LogP contribution in [0.1, 0.15) is 25.7 Å². The van der Waals surface area contributed by atoms with Gasteiger partial charge in [-0.2, -0.15) is 11.8 Å². The van der Waals surface area contributed by atoms with Gasteiger partial charge >= 0.3 is 5.97 Å². The Labute approximate surface area is 124 Å². The van der Waals surface area contributed by atoms with Gasteiger partial charge in [-0.15, -0.1) is 0 Å². The first-order valence-electron chi connectivity index (χ1n) is 7.61. The van der Waals surface area contributed by atoms with E-state index in [0.29, 0.717) is 12.6 Å². The summed E-state index contributed by atoms with van der Waals surface area (Å²) < 4.78 is 6.12. The van der Waals surface area contributed by atoms with E-state index in [1.807, 2.05) is 11.8 Å². The predicted octanol–water partition coefficient (Wildman–Crippen LogP) is 0.790. The van der Waals surface area contributed by atoms with Crippen LogP contribution in [0.3, 0.4) is 0 Å². The van der Waals surface area contributed by atoms with Crippen molar-refractivity contribution in [1.29, 1.82) is 0 Å². The first kappa shape index (κ1) is 14.6. The van der Waals surface area contributed by atoms with E-state index in [2.05, 4.69) is 10.2 Å². The lowest BCUT2D eigenvalue weighted by molar-refractivity contribution is -0.151. The van der Waals surface area contributed by atoms with Gasteiger partial charge in [0.2, 0.25) is 0 Å². The van der Waals surface area contributed by atoms with Gasteiger partial charge < -0.3 is 15.2 Å². The first-order chi connectivity index (χ1) is 9.70. The number of rotatable bonds is 2. The SMILES string of the molecule is O=C(O)C1CNCCN1C1CCOC2(CCSCC2)C1. The molecule has 2 atom stereocenters. The molecule has 0 saturated carbocycles. The van der Waals surface area contributed by atoms with Gasteiger partial charge in [0.1, 0.15) is 6.04 Å². The third-order valence-corrected chi connectivity index (χ3v) is 5.90. The number of hydrogen-bond donors (Lipinski definition) is 2. The molecule has 3 rings (SSSR count). The summed E-state index contributed by atoms with van der Waals surface area (Å²) >= 11 is 2.01. The molecule has 3 aliphatic rings. The minimum atomic E-state index is -0.697. The minimum absolute atomic E-state index is 0.0299. The average Bonchev–Trinajstić information content (AvgIpc) is 2.48. The monoisotopic (exact) mass is 300 g/mol. The van der Waals surface area contributed by atoms with Crippen molar-refractivity contribution in [2.45, 2.75) is 43.4 Å². The van der Waals surface area contributed by atoms with Crippen molar-refractivity contribution in [1.82, 2.24) is 10.2 Å². The van der Waals surface area contributed by atoms with Gasteiger partial charge in [0, 0.05) is 32.3 Å². The third kappa shape index (κ3) is 2.98. The summed E-state index contributed by atoms with van der Waals surface area (Å²) in [5.74, 6) is 1.66. The summed E-state index contributed by atoms with van der Waals surface area (Å²) in [6.45, 7) is 3.08. The zero-order valence-corrected chi connectivity index (χ0v) is 12.7. The van der Waals surface area contributed by atoms with E-state index < -0.39 is 5.97 Å². The molecule has 0 bridgehead atoms. The maximum atomic E-state index is 11.5. The highest BCUT2D eigenvalue weighted by atomic mass is 32.2. The molecule has 20 heavy (non-hydrogen) atoms. The predicted molar refractivity (Wildman–Crippen MR) is 79.3 cm³/mol. The highest BCUT2D eigenvalue weighted by molar-refractivity contribution is 7.99. The summed E-state index contributed by atoms with van der Waals surface area (Å²) in [5.41, 5.74) is 0.0299. The van der Waals surface area contributed by atoms with Crippen LogP contribution in [0, 0.1) is 0 Å². The van der Waals surface area contributed by atoms with Crippen LogP contribution in [-0.2, 0) is 9.53 Å². The first-order valence-corrected chi connectivity index (χ1v) is 8.77. The van der Waals surface area contributed by atoms with Gasteiger partial charge in [0.15, 0.2) is 0 Å². The third-order valence-electron chi connectivity index (χ3n) is 4.91. The molecule has 3 heterocycles. The van der Waals surface area contributed by atoms with E-state index in [-0.39, 0.29) is 11.6 Å². The van der Waals surface area contributed by atoms with Crippen LogP contribution in [0.4, 0.5) is 0 Å². The molecule has 5 nitrogen and oxygen atoms in total. The van der Waals surface area contributed by atoms with Gasteiger partial charge in [-0.05, 0) is 37.2 Å². The van der Waals surface area contributed by atoms with Gasteiger partial charge in [-0.3, -0.25) is 9.69 Å². The van der Waals surface area contributed by atoms with Gasteiger partial charge in [-0.25, -0.2) is 0 Å². The number of hydrogen-bond acceptors (Lipinski definition) is 5. The summed E-state index contributed by atoms with van der Waals surface area (Å²) in [4.78, 5) is 13.7. The second-order valence-electron chi connectivity index (χ2n) is 6.09. The van der Waals surface area contributed by atoms with Crippen molar-refractivity contribution in [2.24, 2.45) is 0 Å². The molecule has 0 aromatic carbocycles. The second kappa shape index (κ2) is 6.22. The molecule has 0 aromatic rings. The molecule has 2 unspecified atom stereocenters. The molecule has 6 heteroatoms. The molecular formula is C14H24N2O3S. The van der Waals surface area contributed by atoms with E-state index >= 15 is 0 Å². The number of nitrogens with one attached hydrogen (secondary N) is 1. The molecule has 0 aliphatic carbocycles. The summed E-state index contributed by atoms with van der Waals surface area (Å²) in [7, 11) is 0. The van der Waals surface area contributed by atoms with E-state index in [0.717, 1.165) is 45.4 Å². The maximum Gasteiger partial charge on any atom is 0.322 e. The second-order valence-corrected chi connectivity index (χ2v) is 7.31. The zero-order valence-electron chi connectivity index (χ0n) is 11.8. The lowest BCUT2D eigenvalue weighted by Gasteiger charge is -2.48. The lowest BCUT2D eigenvalue weighted by Crippen LogP contribution is -2.61. The normalized spacial score (nSPS) is 35.0. The average molecular weight is 300 g/mol. The Morgan fingerprint density at radius 2 is 2.20 bits per heavy atom. The fourth-order valence-corrected chi connectivity index (χ4v) is 5.00. The fraction of sp³-hybridized carbons (Fsp3) is 0.929. The Bertz CT molecular complexity index is 355. The number of aliphatic carboxylic acids is 1.